The van der Waals surface area contributed by atoms with Gasteiger partial charge in [-0.25, -0.2) is 0 Å². The highest BCUT2D eigenvalue weighted by Gasteiger charge is 2.10. The fourth-order valence-corrected chi connectivity index (χ4v) is 1.20. The summed E-state index contributed by atoms with van der Waals surface area (Å²) in [6.45, 7) is 0.333. The zero-order chi connectivity index (χ0) is 10.6. The van der Waals surface area contributed by atoms with Crippen LogP contribution in [0.1, 0.15) is 17.2 Å². The summed E-state index contributed by atoms with van der Waals surface area (Å²) in [6.07, 6.45) is 0. The number of benzene rings is 1. The molecule has 3 N–H and O–H groups in total. The highest BCUT2D eigenvalue weighted by Crippen LogP contribution is 2.23. The van der Waals surface area contributed by atoms with Gasteiger partial charge in [-0.3, -0.25) is 0 Å². The molecule has 0 aromatic heterocycles. The lowest BCUT2D eigenvalue weighted by Gasteiger charge is -2.12. The average molecular weight is 192 g/mol. The van der Waals surface area contributed by atoms with Gasteiger partial charge in [-0.15, -0.1) is 0 Å². The van der Waals surface area contributed by atoms with Gasteiger partial charge in [0.05, 0.1) is 24.3 Å². The molecule has 0 heterocycles. The molecule has 0 bridgehead atoms. The largest absolute Gasteiger partial charge is 0.508 e. The maximum atomic E-state index is 9.53. The molecule has 4 heteroatoms. The van der Waals surface area contributed by atoms with Crippen LogP contribution in [0.5, 0.6) is 5.75 Å². The van der Waals surface area contributed by atoms with Crippen molar-refractivity contribution < 1.29 is 9.84 Å². The van der Waals surface area contributed by atoms with Gasteiger partial charge in [-0.1, -0.05) is 6.07 Å². The lowest BCUT2D eigenvalue weighted by Crippen LogP contribution is -2.16. The highest BCUT2D eigenvalue weighted by molar-refractivity contribution is 5.42. The molecule has 1 atom stereocenters. The van der Waals surface area contributed by atoms with E-state index in [0.717, 1.165) is 0 Å². The summed E-state index contributed by atoms with van der Waals surface area (Å²) in [5.41, 5.74) is 6.73. The molecule has 0 saturated heterocycles. The number of rotatable bonds is 3. The van der Waals surface area contributed by atoms with Crippen molar-refractivity contribution in [2.45, 2.75) is 6.04 Å². The average Bonchev–Trinajstić information content (AvgIpc) is 2.17. The molecule has 0 radical (unpaired) electrons. The van der Waals surface area contributed by atoms with Gasteiger partial charge in [0.1, 0.15) is 5.75 Å². The van der Waals surface area contributed by atoms with Crippen LogP contribution < -0.4 is 5.73 Å². The van der Waals surface area contributed by atoms with Crippen LogP contribution in [-0.2, 0) is 4.74 Å². The lowest BCUT2D eigenvalue weighted by atomic mass is 10.1. The summed E-state index contributed by atoms with van der Waals surface area (Å²) in [4.78, 5) is 0. The molecule has 1 aromatic carbocycles. The molecule has 1 rings (SSSR count). The second-order valence-corrected chi connectivity index (χ2v) is 2.95. The van der Waals surface area contributed by atoms with Crippen molar-refractivity contribution in [1.29, 1.82) is 5.26 Å². The van der Waals surface area contributed by atoms with Crippen LogP contribution in [-0.4, -0.2) is 18.8 Å². The van der Waals surface area contributed by atoms with Gasteiger partial charge >= 0.3 is 0 Å². The number of phenols is 1. The van der Waals surface area contributed by atoms with Crippen LogP contribution in [0, 0.1) is 11.3 Å². The maximum absolute atomic E-state index is 9.53. The second-order valence-electron chi connectivity index (χ2n) is 2.95. The second kappa shape index (κ2) is 4.61. The molecule has 0 aliphatic heterocycles. The smallest absolute Gasteiger partial charge is 0.121 e. The van der Waals surface area contributed by atoms with Crippen LogP contribution in [0.25, 0.3) is 0 Å². The Bertz CT molecular complexity index is 358. The molecule has 0 amide bonds. The fourth-order valence-electron chi connectivity index (χ4n) is 1.20. The number of hydrogen-bond acceptors (Lipinski definition) is 4. The topological polar surface area (TPSA) is 79.3 Å². The van der Waals surface area contributed by atoms with E-state index in [1.807, 2.05) is 6.07 Å². The summed E-state index contributed by atoms with van der Waals surface area (Å²) in [6, 6.07) is 6.21. The van der Waals surface area contributed by atoms with E-state index in [4.69, 9.17) is 15.7 Å². The Kier molecular flexibility index (Phi) is 3.46. The van der Waals surface area contributed by atoms with Crippen molar-refractivity contribution >= 4 is 0 Å². The number of ether oxygens (including phenoxy) is 1. The standard InChI is InChI=1S/C10H12N2O2/c1-14-6-9(12)8-3-2-7(5-11)4-10(8)13/h2-4,9,13H,6,12H2,1H3/t9-/m1/s1. The minimum Gasteiger partial charge on any atom is -0.508 e. The summed E-state index contributed by atoms with van der Waals surface area (Å²) in [5, 5.41) is 18.1. The van der Waals surface area contributed by atoms with Crippen molar-refractivity contribution in [1.82, 2.24) is 0 Å². The van der Waals surface area contributed by atoms with E-state index in [9.17, 15) is 5.11 Å². The molecular weight excluding hydrogens is 180 g/mol. The Morgan fingerprint density at radius 3 is 2.86 bits per heavy atom. The lowest BCUT2D eigenvalue weighted by molar-refractivity contribution is 0.180. The Hall–Kier alpha value is -1.57. The van der Waals surface area contributed by atoms with Gasteiger partial charge in [0.25, 0.3) is 0 Å². The summed E-state index contributed by atoms with van der Waals surface area (Å²) < 4.78 is 4.87. The van der Waals surface area contributed by atoms with Crippen molar-refractivity contribution in [3.05, 3.63) is 29.3 Å². The molecule has 0 aliphatic rings. The maximum Gasteiger partial charge on any atom is 0.121 e. The normalized spacial score (nSPS) is 12.1. The van der Waals surface area contributed by atoms with Gasteiger partial charge in [0.15, 0.2) is 0 Å². The summed E-state index contributed by atoms with van der Waals surface area (Å²) in [7, 11) is 1.54. The van der Waals surface area contributed by atoms with Gasteiger partial charge in [0.2, 0.25) is 0 Å². The van der Waals surface area contributed by atoms with Crippen LogP contribution >= 0.6 is 0 Å². The number of nitriles is 1. The number of methoxy groups -OCH3 is 1. The minimum absolute atomic E-state index is 0.0357. The Labute approximate surface area is 82.5 Å². The van der Waals surface area contributed by atoms with Crippen molar-refractivity contribution in [3.8, 4) is 11.8 Å². The summed E-state index contributed by atoms with van der Waals surface area (Å²) in [5.74, 6) is 0.0357. The van der Waals surface area contributed by atoms with Crippen molar-refractivity contribution in [2.24, 2.45) is 5.73 Å². The Balaban J connectivity index is 2.95. The van der Waals surface area contributed by atoms with Crippen LogP contribution in [0.2, 0.25) is 0 Å². The first kappa shape index (κ1) is 10.5. The van der Waals surface area contributed by atoms with E-state index in [1.54, 1.807) is 19.2 Å². The molecule has 1 aromatic rings. The molecule has 0 aliphatic carbocycles. The monoisotopic (exact) mass is 192 g/mol. The van der Waals surface area contributed by atoms with Crippen LogP contribution in [0.4, 0.5) is 0 Å². The third-order valence-corrected chi connectivity index (χ3v) is 1.91. The molecular formula is C10H12N2O2. The molecule has 74 valence electrons. The predicted octanol–water partition coefficient (Wildman–Crippen LogP) is 0.910. The SMILES string of the molecule is COC[C@@H](N)c1ccc(C#N)cc1O. The minimum atomic E-state index is -0.368. The van der Waals surface area contributed by atoms with E-state index in [0.29, 0.717) is 17.7 Å². The van der Waals surface area contributed by atoms with E-state index in [1.165, 1.54) is 6.07 Å². The van der Waals surface area contributed by atoms with Gasteiger partial charge in [-0.05, 0) is 12.1 Å². The quantitative estimate of drug-likeness (QED) is 0.746. The van der Waals surface area contributed by atoms with E-state index < -0.39 is 0 Å². The first-order valence-electron chi connectivity index (χ1n) is 4.16. The fraction of sp³-hybridized carbons (Fsp3) is 0.300. The van der Waals surface area contributed by atoms with Gasteiger partial charge in [-0.2, -0.15) is 5.26 Å². The highest BCUT2D eigenvalue weighted by atomic mass is 16.5. The molecule has 0 spiro atoms. The Morgan fingerprint density at radius 1 is 1.64 bits per heavy atom. The van der Waals surface area contributed by atoms with Gasteiger partial charge < -0.3 is 15.6 Å². The number of aromatic hydroxyl groups is 1. The molecule has 0 unspecified atom stereocenters. The third-order valence-electron chi connectivity index (χ3n) is 1.91. The van der Waals surface area contributed by atoms with Gasteiger partial charge in [0, 0.05) is 12.7 Å². The van der Waals surface area contributed by atoms with Crippen molar-refractivity contribution in [2.75, 3.05) is 13.7 Å². The number of phenolic OH excluding ortho intramolecular Hbond substituents is 1. The molecule has 0 fully saturated rings. The van der Waals surface area contributed by atoms with E-state index in [-0.39, 0.29) is 11.8 Å². The van der Waals surface area contributed by atoms with Crippen LogP contribution in [0.3, 0.4) is 0 Å². The zero-order valence-corrected chi connectivity index (χ0v) is 7.90. The molecule has 14 heavy (non-hydrogen) atoms. The number of hydrogen-bond donors (Lipinski definition) is 2. The first-order valence-corrected chi connectivity index (χ1v) is 4.16. The Morgan fingerprint density at radius 2 is 2.36 bits per heavy atom. The number of nitrogens with two attached hydrogens (primary N) is 1. The first-order chi connectivity index (χ1) is 6.69. The van der Waals surface area contributed by atoms with Crippen LogP contribution in [0.15, 0.2) is 18.2 Å². The predicted molar refractivity (Wildman–Crippen MR) is 51.6 cm³/mol. The van der Waals surface area contributed by atoms with E-state index in [2.05, 4.69) is 0 Å². The van der Waals surface area contributed by atoms with E-state index >= 15 is 0 Å². The zero-order valence-electron chi connectivity index (χ0n) is 7.90. The number of nitrogens with zero attached hydrogens (tertiary/aromatic N) is 1. The molecule has 4 nitrogen and oxygen atoms in total. The van der Waals surface area contributed by atoms with Crippen molar-refractivity contribution in [3.63, 3.8) is 0 Å². The third kappa shape index (κ3) is 2.22. The molecule has 0 saturated carbocycles. The summed E-state index contributed by atoms with van der Waals surface area (Å²) >= 11 is 0.